The van der Waals surface area contributed by atoms with E-state index < -0.39 is 5.60 Å². The second kappa shape index (κ2) is 11.0. The van der Waals surface area contributed by atoms with E-state index in [1.54, 1.807) is 24.4 Å². The summed E-state index contributed by atoms with van der Waals surface area (Å²) in [6.07, 6.45) is 6.51. The van der Waals surface area contributed by atoms with Crippen LogP contribution in [-0.2, 0) is 16.0 Å². The van der Waals surface area contributed by atoms with Gasteiger partial charge in [-0.3, -0.25) is 9.59 Å². The Labute approximate surface area is 227 Å². The summed E-state index contributed by atoms with van der Waals surface area (Å²) in [7, 11) is 0. The van der Waals surface area contributed by atoms with Crippen LogP contribution in [0.1, 0.15) is 41.3 Å². The van der Waals surface area contributed by atoms with Gasteiger partial charge in [0.15, 0.2) is 5.78 Å². The number of amides is 1. The Hall–Kier alpha value is -3.68. The average Bonchev–Trinajstić information content (AvgIpc) is 3.29. The highest BCUT2D eigenvalue weighted by Gasteiger charge is 2.36. The predicted molar refractivity (Wildman–Crippen MR) is 148 cm³/mol. The van der Waals surface area contributed by atoms with E-state index in [9.17, 15) is 9.59 Å². The van der Waals surface area contributed by atoms with E-state index in [0.29, 0.717) is 67.7 Å². The highest BCUT2D eigenvalue weighted by Crippen LogP contribution is 2.44. The van der Waals surface area contributed by atoms with Crippen molar-refractivity contribution in [1.82, 2.24) is 9.88 Å². The lowest BCUT2D eigenvalue weighted by Gasteiger charge is -2.26. The molecule has 1 atom stereocenters. The molecule has 38 heavy (non-hydrogen) atoms. The van der Waals surface area contributed by atoms with Gasteiger partial charge in [-0.15, -0.1) is 0 Å². The largest absolute Gasteiger partial charge is 0.485 e. The Bertz CT molecular complexity index is 1370. The maximum Gasteiger partial charge on any atom is 0.254 e. The molecule has 3 heterocycles. The molecule has 3 aromatic rings. The smallest absolute Gasteiger partial charge is 0.254 e. The molecule has 7 nitrogen and oxygen atoms in total. The van der Waals surface area contributed by atoms with Crippen LogP contribution in [0.3, 0.4) is 0 Å². The van der Waals surface area contributed by atoms with Gasteiger partial charge in [-0.25, -0.2) is 4.98 Å². The van der Waals surface area contributed by atoms with E-state index in [-0.39, 0.29) is 11.7 Å². The van der Waals surface area contributed by atoms with Crippen LogP contribution in [0, 0.1) is 0 Å². The van der Waals surface area contributed by atoms with Gasteiger partial charge in [-0.2, -0.15) is 0 Å². The Morgan fingerprint density at radius 3 is 2.58 bits per heavy atom. The van der Waals surface area contributed by atoms with Crippen molar-refractivity contribution >= 4 is 35.2 Å². The molecule has 1 amide bonds. The van der Waals surface area contributed by atoms with E-state index >= 15 is 0 Å². The van der Waals surface area contributed by atoms with Gasteiger partial charge in [0.25, 0.3) is 5.91 Å². The monoisotopic (exact) mass is 531 g/mol. The van der Waals surface area contributed by atoms with Crippen LogP contribution in [0.25, 0.3) is 17.2 Å². The number of hydrogen-bond donors (Lipinski definition) is 1. The van der Waals surface area contributed by atoms with Crippen LogP contribution in [0.4, 0.5) is 5.82 Å². The number of rotatable bonds is 7. The standard InChI is InChI=1S/C30H30ClN3O4/c1-30(11-10-25(35)8-2-20-3-9-27(32)33-19-20)18-24-16-23(17-26(31)28(24)38-30)21-4-6-22(7-5-21)29(36)34-12-14-37-15-13-34/h2-9,16-17,19H,10-15,18H2,1H3,(H2,32,33)/b8-2+. The molecule has 2 aliphatic rings. The molecule has 1 fully saturated rings. The number of halogens is 1. The minimum atomic E-state index is -0.523. The summed E-state index contributed by atoms with van der Waals surface area (Å²) >= 11 is 6.64. The molecule has 196 valence electrons. The fraction of sp³-hybridized carbons (Fsp3) is 0.300. The number of hydrogen-bond acceptors (Lipinski definition) is 6. The zero-order valence-electron chi connectivity index (χ0n) is 21.3. The third-order valence-corrected chi connectivity index (χ3v) is 7.25. The summed E-state index contributed by atoms with van der Waals surface area (Å²) in [6.45, 7) is 4.38. The molecule has 2 aromatic carbocycles. The third-order valence-electron chi connectivity index (χ3n) is 6.97. The molecule has 0 aliphatic carbocycles. The third kappa shape index (κ3) is 5.90. The Kier molecular flexibility index (Phi) is 7.49. The molecule has 0 radical (unpaired) electrons. The van der Waals surface area contributed by atoms with Crippen LogP contribution >= 0.6 is 11.6 Å². The molecule has 1 saturated heterocycles. The summed E-state index contributed by atoms with van der Waals surface area (Å²) in [5.74, 6) is 1.15. The second-order valence-electron chi connectivity index (χ2n) is 9.97. The molecular weight excluding hydrogens is 502 g/mol. The van der Waals surface area contributed by atoms with Gasteiger partial charge in [0.05, 0.1) is 18.2 Å². The van der Waals surface area contributed by atoms with Gasteiger partial charge in [0.1, 0.15) is 17.2 Å². The Morgan fingerprint density at radius 2 is 1.87 bits per heavy atom. The van der Waals surface area contributed by atoms with Crippen molar-refractivity contribution in [3.05, 3.63) is 82.5 Å². The molecule has 0 saturated carbocycles. The lowest BCUT2D eigenvalue weighted by atomic mass is 9.91. The average molecular weight is 532 g/mol. The van der Waals surface area contributed by atoms with Crippen LogP contribution in [-0.4, -0.2) is 53.5 Å². The van der Waals surface area contributed by atoms with Gasteiger partial charge < -0.3 is 20.1 Å². The van der Waals surface area contributed by atoms with Crippen LogP contribution in [0.5, 0.6) is 5.75 Å². The minimum absolute atomic E-state index is 0.0149. The molecule has 1 unspecified atom stereocenters. The lowest BCUT2D eigenvalue weighted by molar-refractivity contribution is -0.115. The number of fused-ring (bicyclic) bond motifs is 1. The van der Waals surface area contributed by atoms with Crippen molar-refractivity contribution in [2.24, 2.45) is 0 Å². The van der Waals surface area contributed by atoms with Crippen molar-refractivity contribution in [2.45, 2.75) is 31.8 Å². The molecule has 0 bridgehead atoms. The Morgan fingerprint density at radius 1 is 1.11 bits per heavy atom. The highest BCUT2D eigenvalue weighted by atomic mass is 35.5. The van der Waals surface area contributed by atoms with E-state index in [0.717, 1.165) is 22.3 Å². The van der Waals surface area contributed by atoms with Crippen LogP contribution < -0.4 is 10.5 Å². The fourth-order valence-corrected chi connectivity index (χ4v) is 5.09. The van der Waals surface area contributed by atoms with E-state index in [1.165, 1.54) is 0 Å². The van der Waals surface area contributed by atoms with Gasteiger partial charge in [-0.1, -0.05) is 23.7 Å². The molecular formula is C30H30ClN3O4. The van der Waals surface area contributed by atoms with Crippen molar-refractivity contribution < 1.29 is 19.1 Å². The predicted octanol–water partition coefficient (Wildman–Crippen LogP) is 5.21. The summed E-state index contributed by atoms with van der Waals surface area (Å²) < 4.78 is 11.6. The number of nitrogens with two attached hydrogens (primary N) is 1. The first-order chi connectivity index (χ1) is 18.3. The first kappa shape index (κ1) is 25.9. The zero-order valence-corrected chi connectivity index (χ0v) is 22.0. The molecule has 5 rings (SSSR count). The quantitative estimate of drug-likeness (QED) is 0.420. The van der Waals surface area contributed by atoms with Gasteiger partial charge in [-0.05, 0) is 78.6 Å². The second-order valence-corrected chi connectivity index (χ2v) is 10.4. The van der Waals surface area contributed by atoms with E-state index in [1.807, 2.05) is 48.2 Å². The number of anilines is 1. The van der Waals surface area contributed by atoms with Crippen molar-refractivity contribution in [3.8, 4) is 16.9 Å². The summed E-state index contributed by atoms with van der Waals surface area (Å²) in [5, 5.41) is 0.539. The highest BCUT2D eigenvalue weighted by molar-refractivity contribution is 6.32. The van der Waals surface area contributed by atoms with Crippen molar-refractivity contribution in [1.29, 1.82) is 0 Å². The van der Waals surface area contributed by atoms with Gasteiger partial charge in [0, 0.05) is 43.3 Å². The van der Waals surface area contributed by atoms with Crippen molar-refractivity contribution in [3.63, 3.8) is 0 Å². The molecule has 2 N–H and O–H groups in total. The number of allylic oxidation sites excluding steroid dienone is 1. The number of carbonyl (C=O) groups excluding carboxylic acids is 2. The van der Waals surface area contributed by atoms with Crippen LogP contribution in [0.2, 0.25) is 5.02 Å². The fourth-order valence-electron chi connectivity index (χ4n) is 4.82. The summed E-state index contributed by atoms with van der Waals surface area (Å²) in [5.41, 5.74) is 9.51. The first-order valence-corrected chi connectivity index (χ1v) is 13.1. The molecule has 2 aliphatic heterocycles. The number of benzene rings is 2. The summed E-state index contributed by atoms with van der Waals surface area (Å²) in [6, 6.07) is 15.1. The number of morpholine rings is 1. The molecule has 8 heteroatoms. The topological polar surface area (TPSA) is 94.8 Å². The number of nitrogen functional groups attached to an aromatic ring is 1. The normalized spacial score (nSPS) is 18.8. The number of pyridine rings is 1. The SMILES string of the molecule is CC1(CCC(=O)/C=C/c2ccc(N)nc2)Cc2cc(-c3ccc(C(=O)N4CCOCC4)cc3)cc(Cl)c2O1. The first-order valence-electron chi connectivity index (χ1n) is 12.7. The van der Waals surface area contributed by atoms with Crippen LogP contribution in [0.15, 0.2) is 60.8 Å². The number of ketones is 1. The molecule has 0 spiro atoms. The summed E-state index contributed by atoms with van der Waals surface area (Å²) in [4.78, 5) is 31.1. The number of carbonyl (C=O) groups is 2. The van der Waals surface area contributed by atoms with Gasteiger partial charge in [0.2, 0.25) is 0 Å². The molecule has 1 aromatic heterocycles. The van der Waals surface area contributed by atoms with E-state index in [4.69, 9.17) is 26.8 Å². The number of aromatic nitrogens is 1. The van der Waals surface area contributed by atoms with Crippen molar-refractivity contribution in [2.75, 3.05) is 32.0 Å². The zero-order chi connectivity index (χ0) is 26.7. The lowest BCUT2D eigenvalue weighted by Crippen LogP contribution is -2.40. The maximum absolute atomic E-state index is 12.8. The number of nitrogens with zero attached hydrogens (tertiary/aromatic N) is 2. The minimum Gasteiger partial charge on any atom is -0.485 e. The van der Waals surface area contributed by atoms with Gasteiger partial charge >= 0.3 is 0 Å². The number of ether oxygens (including phenoxy) is 2. The maximum atomic E-state index is 12.8. The van der Waals surface area contributed by atoms with E-state index in [2.05, 4.69) is 11.1 Å². The Balaban J connectivity index is 1.23.